The molecule has 2 N–H and O–H groups in total. The summed E-state index contributed by atoms with van der Waals surface area (Å²) in [7, 11) is 0. The van der Waals surface area contributed by atoms with Gasteiger partial charge in [0.2, 0.25) is 0 Å². The number of ether oxygens (including phenoxy) is 1. The van der Waals surface area contributed by atoms with Crippen LogP contribution in [0.3, 0.4) is 0 Å². The molecule has 110 valence electrons. The van der Waals surface area contributed by atoms with Gasteiger partial charge in [-0.3, -0.25) is 4.90 Å². The van der Waals surface area contributed by atoms with E-state index in [-0.39, 0.29) is 1.43 Å². The van der Waals surface area contributed by atoms with Gasteiger partial charge in [0.15, 0.2) is 0 Å². The first-order valence-electron chi connectivity index (χ1n) is 7.56. The summed E-state index contributed by atoms with van der Waals surface area (Å²) in [6.07, 6.45) is 4.56. The highest BCUT2D eigenvalue weighted by atomic mass is 16.5. The Kier molecular flexibility index (Phi) is 8.59. The number of hydrogen-bond acceptors (Lipinski definition) is 4. The van der Waals surface area contributed by atoms with Crippen LogP contribution in [0.2, 0.25) is 0 Å². The molecule has 0 aromatic heterocycles. The van der Waals surface area contributed by atoms with E-state index in [9.17, 15) is 0 Å². The maximum absolute atomic E-state index is 5.78. The molecule has 0 bridgehead atoms. The third-order valence-corrected chi connectivity index (χ3v) is 3.73. The molecule has 1 heterocycles. The Morgan fingerprint density at radius 2 is 1.67 bits per heavy atom. The second-order valence-corrected chi connectivity index (χ2v) is 5.11. The van der Waals surface area contributed by atoms with Crippen LogP contribution in [0.5, 0.6) is 0 Å². The molecule has 0 aromatic carbocycles. The van der Waals surface area contributed by atoms with E-state index in [2.05, 4.69) is 16.7 Å². The lowest BCUT2D eigenvalue weighted by Gasteiger charge is -2.34. The largest absolute Gasteiger partial charge is 0.377 e. The van der Waals surface area contributed by atoms with Crippen LogP contribution in [0.25, 0.3) is 0 Å². The van der Waals surface area contributed by atoms with Crippen molar-refractivity contribution in [3.05, 3.63) is 0 Å². The Balaban J connectivity index is 0.000000742. The molecule has 1 saturated carbocycles. The second kappa shape index (κ2) is 9.73. The highest BCUT2D eigenvalue weighted by molar-refractivity contribution is 4.72. The fourth-order valence-corrected chi connectivity index (χ4v) is 2.22. The minimum atomic E-state index is 0. The summed E-state index contributed by atoms with van der Waals surface area (Å²) in [6, 6.07) is 0. The topological polar surface area (TPSA) is 41.7 Å². The fourth-order valence-electron chi connectivity index (χ4n) is 2.22. The van der Waals surface area contributed by atoms with Crippen molar-refractivity contribution in [3.63, 3.8) is 0 Å². The van der Waals surface area contributed by atoms with Crippen LogP contribution < -0.4 is 5.73 Å². The fraction of sp³-hybridized carbons (Fsp3) is 1.00. The average Bonchev–Trinajstić information content (AvgIpc) is 2.34. The third-order valence-electron chi connectivity index (χ3n) is 3.73. The van der Waals surface area contributed by atoms with Gasteiger partial charge in [0.1, 0.15) is 0 Å². The van der Waals surface area contributed by atoms with Gasteiger partial charge in [-0.15, -0.1) is 0 Å². The van der Waals surface area contributed by atoms with Crippen molar-refractivity contribution in [2.75, 3.05) is 52.4 Å². The lowest BCUT2D eigenvalue weighted by molar-refractivity contribution is -0.0119. The summed E-state index contributed by atoms with van der Waals surface area (Å²) >= 11 is 0. The van der Waals surface area contributed by atoms with Gasteiger partial charge in [-0.1, -0.05) is 13.8 Å². The SMILES string of the molecule is CCN.CCN1CCN(CCOC2CCC2)CC1.[HH]. The maximum Gasteiger partial charge on any atom is 0.0597 e. The van der Waals surface area contributed by atoms with Gasteiger partial charge >= 0.3 is 0 Å². The van der Waals surface area contributed by atoms with Gasteiger partial charge in [0.05, 0.1) is 12.7 Å². The first-order valence-corrected chi connectivity index (χ1v) is 7.56. The quantitative estimate of drug-likeness (QED) is 0.810. The van der Waals surface area contributed by atoms with Gasteiger partial charge in [-0.25, -0.2) is 0 Å². The van der Waals surface area contributed by atoms with Gasteiger partial charge in [0.25, 0.3) is 0 Å². The lowest BCUT2D eigenvalue weighted by atomic mass is 9.96. The van der Waals surface area contributed by atoms with Crippen molar-refractivity contribution in [2.45, 2.75) is 39.2 Å². The van der Waals surface area contributed by atoms with E-state index < -0.39 is 0 Å². The van der Waals surface area contributed by atoms with Crippen LogP contribution >= 0.6 is 0 Å². The Labute approximate surface area is 114 Å². The molecule has 2 aliphatic rings. The third kappa shape index (κ3) is 6.14. The summed E-state index contributed by atoms with van der Waals surface area (Å²) in [6.45, 7) is 13.1. The Bertz CT molecular complexity index is 195. The summed E-state index contributed by atoms with van der Waals surface area (Å²) < 4.78 is 5.78. The molecule has 1 aliphatic heterocycles. The number of likely N-dealkylation sites (N-methyl/N-ethyl adjacent to an activating group) is 1. The number of nitrogens with two attached hydrogens (primary N) is 1. The molecular weight excluding hydrogens is 226 g/mol. The van der Waals surface area contributed by atoms with E-state index in [1.807, 2.05) is 6.92 Å². The predicted molar refractivity (Wildman–Crippen MR) is 79.0 cm³/mol. The minimum absolute atomic E-state index is 0. The van der Waals surface area contributed by atoms with Gasteiger partial charge < -0.3 is 15.4 Å². The predicted octanol–water partition coefficient (Wildman–Crippen LogP) is 1.40. The molecule has 1 aliphatic carbocycles. The first kappa shape index (κ1) is 15.9. The van der Waals surface area contributed by atoms with Gasteiger partial charge in [-0.2, -0.15) is 0 Å². The van der Waals surface area contributed by atoms with Crippen molar-refractivity contribution >= 4 is 0 Å². The van der Waals surface area contributed by atoms with Crippen LogP contribution in [-0.4, -0.2) is 68.3 Å². The molecule has 0 unspecified atom stereocenters. The van der Waals surface area contributed by atoms with Crippen LogP contribution in [0, 0.1) is 0 Å². The van der Waals surface area contributed by atoms with E-state index in [0.717, 1.165) is 19.7 Å². The Morgan fingerprint density at radius 1 is 1.11 bits per heavy atom. The maximum atomic E-state index is 5.78. The minimum Gasteiger partial charge on any atom is -0.377 e. The van der Waals surface area contributed by atoms with E-state index in [1.165, 1.54) is 52.0 Å². The van der Waals surface area contributed by atoms with Crippen LogP contribution in [-0.2, 0) is 4.74 Å². The van der Waals surface area contributed by atoms with Crippen molar-refractivity contribution in [3.8, 4) is 0 Å². The molecule has 0 aromatic rings. The molecular formula is C14H33N3O. The van der Waals surface area contributed by atoms with Crippen LogP contribution in [0.4, 0.5) is 0 Å². The molecule has 2 rings (SSSR count). The zero-order chi connectivity index (χ0) is 13.2. The summed E-state index contributed by atoms with van der Waals surface area (Å²) in [4.78, 5) is 5.05. The standard InChI is InChI=1S/C12H24N2O.C2H7N.H2/c1-2-13-6-8-14(9-7-13)10-11-15-12-4-3-5-12;1-2-3;/h12H,2-11H2,1H3;2-3H2,1H3;1H. The van der Waals surface area contributed by atoms with Gasteiger partial charge in [-0.05, 0) is 32.4 Å². The van der Waals surface area contributed by atoms with E-state index in [4.69, 9.17) is 10.5 Å². The smallest absolute Gasteiger partial charge is 0.0597 e. The average molecular weight is 259 g/mol. The normalized spacial score (nSPS) is 22.2. The number of piperazine rings is 1. The molecule has 0 spiro atoms. The molecule has 4 heteroatoms. The summed E-state index contributed by atoms with van der Waals surface area (Å²) in [5, 5.41) is 0. The molecule has 0 atom stereocenters. The van der Waals surface area contributed by atoms with E-state index in [0.29, 0.717) is 6.10 Å². The molecule has 1 saturated heterocycles. The van der Waals surface area contributed by atoms with E-state index >= 15 is 0 Å². The van der Waals surface area contributed by atoms with Crippen LogP contribution in [0.1, 0.15) is 34.5 Å². The lowest BCUT2D eigenvalue weighted by Crippen LogP contribution is -2.47. The molecule has 18 heavy (non-hydrogen) atoms. The number of hydrogen-bond donors (Lipinski definition) is 1. The number of nitrogens with zero attached hydrogens (tertiary/aromatic N) is 2. The molecule has 4 nitrogen and oxygen atoms in total. The van der Waals surface area contributed by atoms with Crippen molar-refractivity contribution in [1.82, 2.24) is 9.80 Å². The molecule has 2 fully saturated rings. The highest BCUT2D eigenvalue weighted by Gasteiger charge is 2.19. The van der Waals surface area contributed by atoms with Crippen molar-refractivity contribution in [1.29, 1.82) is 0 Å². The molecule has 0 radical (unpaired) electrons. The Morgan fingerprint density at radius 3 is 2.11 bits per heavy atom. The number of rotatable bonds is 5. The van der Waals surface area contributed by atoms with Crippen molar-refractivity contribution in [2.24, 2.45) is 5.73 Å². The van der Waals surface area contributed by atoms with Gasteiger partial charge in [0, 0.05) is 34.2 Å². The summed E-state index contributed by atoms with van der Waals surface area (Å²) in [5.41, 5.74) is 4.85. The highest BCUT2D eigenvalue weighted by Crippen LogP contribution is 2.21. The molecule has 0 amide bonds. The monoisotopic (exact) mass is 259 g/mol. The Hall–Kier alpha value is -0.160. The first-order chi connectivity index (χ1) is 8.80. The zero-order valence-corrected chi connectivity index (χ0v) is 12.2. The van der Waals surface area contributed by atoms with E-state index in [1.54, 1.807) is 0 Å². The summed E-state index contributed by atoms with van der Waals surface area (Å²) in [5.74, 6) is 0. The second-order valence-electron chi connectivity index (χ2n) is 5.11. The zero-order valence-electron chi connectivity index (χ0n) is 12.2. The van der Waals surface area contributed by atoms with Crippen LogP contribution in [0.15, 0.2) is 0 Å². The van der Waals surface area contributed by atoms with Crippen molar-refractivity contribution < 1.29 is 6.16 Å².